The summed E-state index contributed by atoms with van der Waals surface area (Å²) in [5.74, 6) is 0.772. The number of rotatable bonds is 5. The zero-order valence-corrected chi connectivity index (χ0v) is 12.6. The van der Waals surface area contributed by atoms with Crippen molar-refractivity contribution in [1.82, 2.24) is 4.98 Å². The normalized spacial score (nSPS) is 10.1. The van der Waals surface area contributed by atoms with Gasteiger partial charge in [0.15, 0.2) is 11.5 Å². The van der Waals surface area contributed by atoms with Crippen molar-refractivity contribution in [3.05, 3.63) is 53.7 Å². The maximum atomic E-state index is 11.1. The summed E-state index contributed by atoms with van der Waals surface area (Å²) in [6.07, 6.45) is 2.92. The molecule has 1 aromatic heterocycles. The molecule has 0 aliphatic carbocycles. The molecule has 0 N–H and O–H groups in total. The number of pyridine rings is 1. The maximum absolute atomic E-state index is 11.1. The molecule has 0 atom stereocenters. The lowest BCUT2D eigenvalue weighted by Gasteiger charge is -2.10. The van der Waals surface area contributed by atoms with Gasteiger partial charge in [0.25, 0.3) is 0 Å². The monoisotopic (exact) mass is 310 g/mol. The lowest BCUT2D eigenvalue weighted by atomic mass is 10.2. The van der Waals surface area contributed by atoms with E-state index in [1.54, 1.807) is 42.5 Å². The average Bonchev–Trinajstić information content (AvgIpc) is 2.60. The van der Waals surface area contributed by atoms with Crippen LogP contribution in [0.15, 0.2) is 42.5 Å². The van der Waals surface area contributed by atoms with Crippen molar-refractivity contribution in [3.63, 3.8) is 0 Å². The fraction of sp³-hybridized carbons (Fsp3) is 0.118. The van der Waals surface area contributed by atoms with Gasteiger partial charge in [-0.05, 0) is 29.8 Å². The third-order valence-corrected chi connectivity index (χ3v) is 2.85. The van der Waals surface area contributed by atoms with Gasteiger partial charge in [0.1, 0.15) is 11.8 Å². The molecule has 116 valence electrons. The first kappa shape index (κ1) is 16.0. The Morgan fingerprint density at radius 1 is 1.22 bits per heavy atom. The largest absolute Gasteiger partial charge is 0.493 e. The van der Waals surface area contributed by atoms with Crippen LogP contribution in [0.2, 0.25) is 0 Å². The number of hydrogen-bond donors (Lipinski definition) is 0. The molecule has 0 saturated carbocycles. The Balaban J connectivity index is 2.24. The summed E-state index contributed by atoms with van der Waals surface area (Å²) in [5.41, 5.74) is 1.01. The van der Waals surface area contributed by atoms with E-state index >= 15 is 0 Å². The number of carbonyl (C=O) groups is 1. The van der Waals surface area contributed by atoms with Crippen LogP contribution in [-0.2, 0) is 9.53 Å². The molecule has 0 bridgehead atoms. The van der Waals surface area contributed by atoms with Gasteiger partial charge < -0.3 is 14.2 Å². The molecule has 0 saturated heterocycles. The summed E-state index contributed by atoms with van der Waals surface area (Å²) in [5, 5.41) is 8.85. The summed E-state index contributed by atoms with van der Waals surface area (Å²) in [6.45, 7) is 0. The molecule has 0 spiro atoms. The second kappa shape index (κ2) is 7.61. The Morgan fingerprint density at radius 2 is 2.04 bits per heavy atom. The molecule has 0 radical (unpaired) electrons. The summed E-state index contributed by atoms with van der Waals surface area (Å²) in [6, 6.07) is 12.0. The lowest BCUT2D eigenvalue weighted by molar-refractivity contribution is -0.134. The van der Waals surface area contributed by atoms with Crippen LogP contribution in [0.3, 0.4) is 0 Å². The van der Waals surface area contributed by atoms with E-state index in [-0.39, 0.29) is 5.69 Å². The highest BCUT2D eigenvalue weighted by Crippen LogP contribution is 2.32. The Labute approximate surface area is 133 Å². The molecular formula is C17H14N2O4. The van der Waals surface area contributed by atoms with Crippen LogP contribution in [-0.4, -0.2) is 25.2 Å². The van der Waals surface area contributed by atoms with Crippen LogP contribution < -0.4 is 9.47 Å². The molecule has 2 rings (SSSR count). The van der Waals surface area contributed by atoms with Crippen LogP contribution >= 0.6 is 0 Å². The molecule has 1 heterocycles. The number of esters is 1. The van der Waals surface area contributed by atoms with Gasteiger partial charge in [0.05, 0.1) is 14.2 Å². The summed E-state index contributed by atoms with van der Waals surface area (Å²) in [7, 11) is 2.82. The van der Waals surface area contributed by atoms with E-state index in [1.165, 1.54) is 20.3 Å². The second-order valence-electron chi connectivity index (χ2n) is 4.34. The zero-order valence-electron chi connectivity index (χ0n) is 12.6. The van der Waals surface area contributed by atoms with Crippen LogP contribution in [0.4, 0.5) is 0 Å². The number of methoxy groups -OCH3 is 2. The number of aromatic nitrogens is 1. The Hall–Kier alpha value is -3.33. The predicted octanol–water partition coefficient (Wildman–Crippen LogP) is 2.94. The topological polar surface area (TPSA) is 81.4 Å². The lowest BCUT2D eigenvalue weighted by Crippen LogP contribution is -1.95. The highest BCUT2D eigenvalue weighted by molar-refractivity contribution is 5.87. The number of benzene rings is 1. The molecular weight excluding hydrogens is 296 g/mol. The molecule has 0 fully saturated rings. The average molecular weight is 310 g/mol. The maximum Gasteiger partial charge on any atom is 0.330 e. The Bertz CT molecular complexity index is 778. The molecule has 0 aliphatic heterocycles. The van der Waals surface area contributed by atoms with Crippen LogP contribution in [0.1, 0.15) is 11.3 Å². The van der Waals surface area contributed by atoms with E-state index in [9.17, 15) is 4.79 Å². The van der Waals surface area contributed by atoms with Crippen LogP contribution in [0.25, 0.3) is 6.08 Å². The van der Waals surface area contributed by atoms with Gasteiger partial charge in [-0.1, -0.05) is 12.1 Å². The van der Waals surface area contributed by atoms with E-state index in [1.807, 2.05) is 6.07 Å². The van der Waals surface area contributed by atoms with Gasteiger partial charge in [-0.3, -0.25) is 0 Å². The quantitative estimate of drug-likeness (QED) is 0.624. The fourth-order valence-corrected chi connectivity index (χ4v) is 1.75. The van der Waals surface area contributed by atoms with Crippen molar-refractivity contribution < 1.29 is 19.0 Å². The first-order valence-corrected chi connectivity index (χ1v) is 6.65. The number of hydrogen-bond acceptors (Lipinski definition) is 6. The van der Waals surface area contributed by atoms with Gasteiger partial charge in [-0.25, -0.2) is 9.78 Å². The summed E-state index contributed by atoms with van der Waals surface area (Å²) in [4.78, 5) is 15.1. The van der Waals surface area contributed by atoms with E-state index in [4.69, 9.17) is 14.7 Å². The van der Waals surface area contributed by atoms with Gasteiger partial charge in [0, 0.05) is 12.1 Å². The fourth-order valence-electron chi connectivity index (χ4n) is 1.75. The van der Waals surface area contributed by atoms with Gasteiger partial charge in [0.2, 0.25) is 5.88 Å². The minimum Gasteiger partial charge on any atom is -0.493 e. The van der Waals surface area contributed by atoms with E-state index < -0.39 is 5.97 Å². The van der Waals surface area contributed by atoms with Crippen LogP contribution in [0, 0.1) is 11.3 Å². The summed E-state index contributed by atoms with van der Waals surface area (Å²) < 4.78 is 15.5. The number of carbonyl (C=O) groups excluding carboxylic acids is 1. The molecule has 2 aromatic rings. The second-order valence-corrected chi connectivity index (χ2v) is 4.34. The van der Waals surface area contributed by atoms with E-state index in [0.29, 0.717) is 17.4 Å². The number of nitriles is 1. The third-order valence-electron chi connectivity index (χ3n) is 2.85. The smallest absolute Gasteiger partial charge is 0.330 e. The van der Waals surface area contributed by atoms with Crippen molar-refractivity contribution in [1.29, 1.82) is 5.26 Å². The number of nitrogens with zero attached hydrogens (tertiary/aromatic N) is 2. The highest BCUT2D eigenvalue weighted by Gasteiger charge is 2.08. The first-order chi connectivity index (χ1) is 11.2. The molecule has 23 heavy (non-hydrogen) atoms. The predicted molar refractivity (Wildman–Crippen MR) is 83.1 cm³/mol. The van der Waals surface area contributed by atoms with Crippen molar-refractivity contribution in [2.24, 2.45) is 0 Å². The minimum atomic E-state index is -0.443. The summed E-state index contributed by atoms with van der Waals surface area (Å²) >= 11 is 0. The SMILES string of the molecule is COC(=O)/C=C/c1ccc(Oc2cccc(C#N)n2)c(OC)c1. The molecule has 0 aliphatic rings. The third kappa shape index (κ3) is 4.32. The van der Waals surface area contributed by atoms with E-state index in [0.717, 1.165) is 5.56 Å². The molecule has 1 aromatic carbocycles. The first-order valence-electron chi connectivity index (χ1n) is 6.65. The van der Waals surface area contributed by atoms with Crippen LogP contribution in [0.5, 0.6) is 17.4 Å². The van der Waals surface area contributed by atoms with Crippen molar-refractivity contribution in [2.45, 2.75) is 0 Å². The van der Waals surface area contributed by atoms with Gasteiger partial charge in [-0.2, -0.15) is 5.26 Å². The molecule has 6 nitrogen and oxygen atoms in total. The minimum absolute atomic E-state index is 0.263. The molecule has 6 heteroatoms. The van der Waals surface area contributed by atoms with Crippen molar-refractivity contribution in [3.8, 4) is 23.4 Å². The van der Waals surface area contributed by atoms with Gasteiger partial charge in [-0.15, -0.1) is 0 Å². The standard InChI is InChI=1S/C17H14N2O4/c1-21-15-10-12(7-9-17(20)22-2)6-8-14(15)23-16-5-3-4-13(11-18)19-16/h3-10H,1-2H3/b9-7+. The van der Waals surface area contributed by atoms with Crippen molar-refractivity contribution in [2.75, 3.05) is 14.2 Å². The molecule has 0 unspecified atom stereocenters. The Kier molecular flexibility index (Phi) is 5.31. The van der Waals surface area contributed by atoms with Crippen molar-refractivity contribution >= 4 is 12.0 Å². The zero-order chi connectivity index (χ0) is 16.7. The number of ether oxygens (including phenoxy) is 3. The van der Waals surface area contributed by atoms with Gasteiger partial charge >= 0.3 is 5.97 Å². The Morgan fingerprint density at radius 3 is 2.74 bits per heavy atom. The van der Waals surface area contributed by atoms with E-state index in [2.05, 4.69) is 9.72 Å². The highest BCUT2D eigenvalue weighted by atomic mass is 16.5. The molecule has 0 amide bonds.